The number of fused-ring (bicyclic) bond motifs is 1. The van der Waals surface area contributed by atoms with Gasteiger partial charge in [0, 0.05) is 0 Å². The molecule has 0 atom stereocenters. The van der Waals surface area contributed by atoms with Crippen molar-refractivity contribution in [3.8, 4) is 0 Å². The molecule has 2 aliphatic rings. The molecule has 1 aromatic carbocycles. The van der Waals surface area contributed by atoms with Crippen molar-refractivity contribution < 1.29 is 12.8 Å². The van der Waals surface area contributed by atoms with E-state index in [0.29, 0.717) is 37.2 Å². The van der Waals surface area contributed by atoms with E-state index in [1.165, 1.54) is 0 Å². The van der Waals surface area contributed by atoms with E-state index in [0.717, 1.165) is 5.56 Å². The first-order chi connectivity index (χ1) is 10.8. The topological polar surface area (TPSA) is 82.6 Å². The third kappa shape index (κ3) is 3.18. The Morgan fingerprint density at radius 1 is 1.26 bits per heavy atom. The van der Waals surface area contributed by atoms with Crippen molar-refractivity contribution in [2.24, 2.45) is 4.99 Å². The summed E-state index contributed by atoms with van der Waals surface area (Å²) in [7, 11) is -3.70. The van der Waals surface area contributed by atoms with E-state index in [2.05, 4.69) is 20.3 Å². The summed E-state index contributed by atoms with van der Waals surface area (Å²) in [5, 5.41) is 6.05. The second kappa shape index (κ2) is 5.76. The number of aryl methyl sites for hydroxylation is 1. The Morgan fingerprint density at radius 3 is 2.65 bits per heavy atom. The lowest BCUT2D eigenvalue weighted by Crippen LogP contribution is -2.44. The highest BCUT2D eigenvalue weighted by Gasteiger charge is 2.33. The number of hydrogen-bond donors (Lipinski definition) is 3. The van der Waals surface area contributed by atoms with Crippen molar-refractivity contribution in [1.82, 2.24) is 10.0 Å². The van der Waals surface area contributed by atoms with Crippen LogP contribution in [0.3, 0.4) is 0 Å². The zero-order valence-electron chi connectivity index (χ0n) is 13.2. The quantitative estimate of drug-likeness (QED) is 0.761. The van der Waals surface area contributed by atoms with Crippen LogP contribution in [0.2, 0.25) is 0 Å². The van der Waals surface area contributed by atoms with Gasteiger partial charge in [-0.15, -0.1) is 0 Å². The molecular weight excluding hydrogens is 319 g/mol. The normalized spacial score (nSPS) is 23.7. The maximum Gasteiger partial charge on any atom is 0.266 e. The van der Waals surface area contributed by atoms with Crippen molar-refractivity contribution in [1.29, 1.82) is 0 Å². The summed E-state index contributed by atoms with van der Waals surface area (Å²) in [4.78, 5) is 4.37. The Bertz CT molecular complexity index is 755. The number of hydrogen-bond acceptors (Lipinski definition) is 4. The Kier molecular flexibility index (Phi) is 4.05. The zero-order chi connectivity index (χ0) is 16.7. The van der Waals surface area contributed by atoms with Gasteiger partial charge in [0.15, 0.2) is 0 Å². The molecule has 0 spiro atoms. The van der Waals surface area contributed by atoms with Crippen LogP contribution in [0.5, 0.6) is 0 Å². The number of halogens is 1. The van der Waals surface area contributed by atoms with Crippen LogP contribution in [0.15, 0.2) is 22.0 Å². The maximum atomic E-state index is 14.6. The third-order valence-electron chi connectivity index (χ3n) is 4.45. The van der Waals surface area contributed by atoms with Crippen LogP contribution in [0, 0.1) is 13.8 Å². The fourth-order valence-electron chi connectivity index (χ4n) is 2.89. The molecule has 0 aliphatic carbocycles. The van der Waals surface area contributed by atoms with Crippen LogP contribution in [0.1, 0.15) is 24.0 Å². The third-order valence-corrected chi connectivity index (χ3v) is 5.98. The zero-order valence-corrected chi connectivity index (χ0v) is 14.1. The van der Waals surface area contributed by atoms with E-state index in [9.17, 15) is 12.8 Å². The van der Waals surface area contributed by atoms with E-state index in [1.807, 2.05) is 13.0 Å². The number of alkyl halides is 1. The lowest BCUT2D eigenvalue weighted by molar-refractivity contribution is 0.126. The molecule has 0 amide bonds. The predicted molar refractivity (Wildman–Crippen MR) is 88.1 cm³/mol. The second-order valence-corrected chi connectivity index (χ2v) is 7.80. The standard InChI is InChI=1S/C15H21FN4O2S/c1-10-3-4-12-13(11(10)2)23(21,22)20-14(19-12)18-9-15(16)5-7-17-8-6-15/h3-4,17H,5-9H2,1-2H3,(H2,18,19,20). The number of benzene rings is 1. The smallest absolute Gasteiger partial charge is 0.266 e. The molecule has 1 aromatic rings. The van der Waals surface area contributed by atoms with Crippen molar-refractivity contribution >= 4 is 21.7 Å². The van der Waals surface area contributed by atoms with Crippen molar-refractivity contribution in [3.63, 3.8) is 0 Å². The van der Waals surface area contributed by atoms with Gasteiger partial charge in [-0.1, -0.05) is 6.07 Å². The lowest BCUT2D eigenvalue weighted by Gasteiger charge is -2.29. The summed E-state index contributed by atoms with van der Waals surface area (Å²) in [6.07, 6.45) is 0.761. The molecule has 0 unspecified atom stereocenters. The first-order valence-electron chi connectivity index (χ1n) is 7.65. The highest BCUT2D eigenvalue weighted by Crippen LogP contribution is 2.30. The van der Waals surface area contributed by atoms with Gasteiger partial charge in [-0.3, -0.25) is 0 Å². The number of sulfonamides is 1. The van der Waals surface area contributed by atoms with E-state index in [4.69, 9.17) is 0 Å². The van der Waals surface area contributed by atoms with Crippen molar-refractivity contribution in [3.05, 3.63) is 23.3 Å². The van der Waals surface area contributed by atoms with Gasteiger partial charge in [-0.05, 0) is 57.0 Å². The largest absolute Gasteiger partial charge is 0.324 e. The minimum Gasteiger partial charge on any atom is -0.324 e. The highest BCUT2D eigenvalue weighted by atomic mass is 32.2. The fraction of sp³-hybridized carbons (Fsp3) is 0.533. The Hall–Kier alpha value is -1.67. The van der Waals surface area contributed by atoms with E-state index in [-0.39, 0.29) is 17.4 Å². The van der Waals surface area contributed by atoms with E-state index < -0.39 is 15.7 Å². The minimum atomic E-state index is -3.70. The summed E-state index contributed by atoms with van der Waals surface area (Å²) in [6, 6.07) is 3.56. The van der Waals surface area contributed by atoms with Crippen LogP contribution in [0.25, 0.3) is 0 Å². The van der Waals surface area contributed by atoms with Gasteiger partial charge in [0.05, 0.1) is 12.2 Å². The molecule has 2 heterocycles. The Labute approximate surface area is 135 Å². The van der Waals surface area contributed by atoms with Gasteiger partial charge in [0.25, 0.3) is 10.0 Å². The number of anilines is 1. The summed E-state index contributed by atoms with van der Waals surface area (Å²) >= 11 is 0. The first kappa shape index (κ1) is 16.2. The predicted octanol–water partition coefficient (Wildman–Crippen LogP) is 1.45. The molecule has 0 aromatic heterocycles. The van der Waals surface area contributed by atoms with Crippen LogP contribution >= 0.6 is 0 Å². The summed E-state index contributed by atoms with van der Waals surface area (Å²) < 4.78 is 41.9. The number of guanidine groups is 1. The Morgan fingerprint density at radius 2 is 1.96 bits per heavy atom. The molecule has 2 aliphatic heterocycles. The number of rotatable bonds is 2. The van der Waals surface area contributed by atoms with Crippen LogP contribution in [0.4, 0.5) is 10.1 Å². The average molecular weight is 340 g/mol. The lowest BCUT2D eigenvalue weighted by atomic mass is 9.95. The molecule has 0 saturated carbocycles. The van der Waals surface area contributed by atoms with Crippen molar-refractivity contribution in [2.45, 2.75) is 37.3 Å². The summed E-state index contributed by atoms with van der Waals surface area (Å²) in [6.45, 7) is 4.80. The molecule has 3 N–H and O–H groups in total. The van der Waals surface area contributed by atoms with Crippen LogP contribution in [-0.4, -0.2) is 39.7 Å². The Balaban J connectivity index is 1.87. The molecule has 6 nitrogen and oxygen atoms in total. The van der Waals surface area contributed by atoms with E-state index in [1.54, 1.807) is 13.0 Å². The molecule has 23 heavy (non-hydrogen) atoms. The van der Waals surface area contributed by atoms with Crippen LogP contribution < -0.4 is 15.4 Å². The molecule has 3 rings (SSSR count). The second-order valence-electron chi connectivity index (χ2n) is 6.18. The summed E-state index contributed by atoms with van der Waals surface area (Å²) in [5.41, 5.74) is 0.689. The molecule has 1 saturated heterocycles. The number of nitrogens with zero attached hydrogens (tertiary/aromatic N) is 1. The molecule has 1 fully saturated rings. The molecule has 0 bridgehead atoms. The van der Waals surface area contributed by atoms with Gasteiger partial charge in [0.2, 0.25) is 5.96 Å². The SMILES string of the molecule is Cc1ccc2c(c1C)S(=O)(=O)NC(=NCC1(F)CCNCC1)N2. The van der Waals surface area contributed by atoms with Gasteiger partial charge in [-0.2, -0.15) is 0 Å². The van der Waals surface area contributed by atoms with Gasteiger partial charge in [-0.25, -0.2) is 22.5 Å². The van der Waals surface area contributed by atoms with Gasteiger partial charge < -0.3 is 10.6 Å². The highest BCUT2D eigenvalue weighted by molar-refractivity contribution is 7.90. The fourth-order valence-corrected chi connectivity index (χ4v) is 4.34. The molecular formula is C15H21FN4O2S. The number of aliphatic imine (C=N–C) groups is 1. The number of piperidine rings is 1. The van der Waals surface area contributed by atoms with Gasteiger partial charge in [0.1, 0.15) is 10.6 Å². The maximum absolute atomic E-state index is 14.6. The molecule has 8 heteroatoms. The average Bonchev–Trinajstić information content (AvgIpc) is 2.49. The molecule has 126 valence electrons. The monoisotopic (exact) mass is 340 g/mol. The van der Waals surface area contributed by atoms with Crippen molar-refractivity contribution in [2.75, 3.05) is 25.0 Å². The van der Waals surface area contributed by atoms with E-state index >= 15 is 0 Å². The number of nitrogens with one attached hydrogen (secondary N) is 3. The summed E-state index contributed by atoms with van der Waals surface area (Å²) in [5.74, 6) is 0.0799. The van der Waals surface area contributed by atoms with Crippen LogP contribution in [-0.2, 0) is 10.0 Å². The van der Waals surface area contributed by atoms with Gasteiger partial charge >= 0.3 is 0 Å². The minimum absolute atomic E-state index is 0.0558. The first-order valence-corrected chi connectivity index (χ1v) is 9.13. The molecule has 0 radical (unpaired) electrons.